The molecular formula is C38H56O8-2. The van der Waals surface area contributed by atoms with Gasteiger partial charge in [-0.25, -0.2) is 0 Å². The number of carboxylic acids is 2. The lowest BCUT2D eigenvalue weighted by Crippen LogP contribution is -2.67. The molecule has 0 aromatic rings. The molecule has 0 unspecified atom stereocenters. The van der Waals surface area contributed by atoms with Crippen LogP contribution in [0.1, 0.15) is 131 Å². The first-order valence-corrected chi connectivity index (χ1v) is 17.8. The first-order chi connectivity index (χ1) is 21.4. The Morgan fingerprint density at radius 3 is 2.00 bits per heavy atom. The minimum absolute atomic E-state index is 0.101. The maximum atomic E-state index is 12.6. The largest absolute Gasteiger partial charge is 0.550 e. The Balaban J connectivity index is 1.38. The van der Waals surface area contributed by atoms with Crippen molar-refractivity contribution in [1.82, 2.24) is 0 Å². The number of ether oxygens (including phenoxy) is 2. The molecular weight excluding hydrogens is 584 g/mol. The zero-order valence-corrected chi connectivity index (χ0v) is 29.0. The van der Waals surface area contributed by atoms with E-state index in [9.17, 15) is 29.4 Å². The molecule has 8 heteroatoms. The monoisotopic (exact) mass is 640 g/mol. The number of carboxylic acid groups (broad SMARTS) is 2. The third-order valence-electron chi connectivity index (χ3n) is 15.0. The van der Waals surface area contributed by atoms with E-state index in [-0.39, 0.29) is 58.9 Å². The number of hydrogen-bond donors (Lipinski definition) is 0. The Morgan fingerprint density at radius 1 is 0.717 bits per heavy atom. The highest BCUT2D eigenvalue weighted by atomic mass is 16.5. The van der Waals surface area contributed by atoms with Gasteiger partial charge < -0.3 is 29.3 Å². The Hall–Kier alpha value is -2.38. The Kier molecular flexibility index (Phi) is 9.31. The van der Waals surface area contributed by atoms with Gasteiger partial charge in [-0.15, -0.1) is 0 Å². The zero-order valence-electron chi connectivity index (χ0n) is 29.0. The predicted octanol–water partition coefficient (Wildman–Crippen LogP) is 5.16. The van der Waals surface area contributed by atoms with Crippen molar-refractivity contribution in [2.75, 3.05) is 6.61 Å². The van der Waals surface area contributed by atoms with Gasteiger partial charge in [0.25, 0.3) is 0 Å². The predicted molar refractivity (Wildman–Crippen MR) is 168 cm³/mol. The van der Waals surface area contributed by atoms with Gasteiger partial charge in [-0.05, 0) is 130 Å². The highest BCUT2D eigenvalue weighted by molar-refractivity contribution is 5.76. The van der Waals surface area contributed by atoms with Gasteiger partial charge in [0.15, 0.2) is 0 Å². The van der Waals surface area contributed by atoms with Gasteiger partial charge in [0, 0.05) is 22.8 Å². The van der Waals surface area contributed by atoms with Crippen molar-refractivity contribution < 1.29 is 38.9 Å². The van der Waals surface area contributed by atoms with Gasteiger partial charge in [0.2, 0.25) is 0 Å². The lowest BCUT2D eigenvalue weighted by Gasteiger charge is -2.73. The summed E-state index contributed by atoms with van der Waals surface area (Å²) in [6, 6.07) is 0. The summed E-state index contributed by atoms with van der Waals surface area (Å²) in [5.74, 6) is -1.17. The van der Waals surface area contributed by atoms with Crippen LogP contribution in [-0.4, -0.2) is 36.6 Å². The van der Waals surface area contributed by atoms with Crippen LogP contribution >= 0.6 is 0 Å². The van der Waals surface area contributed by atoms with Gasteiger partial charge >= 0.3 is 11.9 Å². The number of allylic oxidation sites excluding steroid dienone is 1. The van der Waals surface area contributed by atoms with Crippen molar-refractivity contribution in [3.05, 3.63) is 12.2 Å². The molecule has 0 amide bonds. The van der Waals surface area contributed by atoms with Crippen LogP contribution in [0.4, 0.5) is 0 Å². The fourth-order valence-electron chi connectivity index (χ4n) is 12.6. The number of aliphatic carboxylic acids is 2. The second-order valence-corrected chi connectivity index (χ2v) is 17.3. The lowest BCUT2D eigenvalue weighted by molar-refractivity contribution is -0.307. The summed E-state index contributed by atoms with van der Waals surface area (Å²) >= 11 is 0. The molecule has 258 valence electrons. The molecule has 0 aromatic carbocycles. The smallest absolute Gasteiger partial charge is 0.306 e. The second-order valence-electron chi connectivity index (χ2n) is 17.3. The van der Waals surface area contributed by atoms with Crippen molar-refractivity contribution in [2.24, 2.45) is 56.7 Å². The Morgan fingerprint density at radius 2 is 1.37 bits per heavy atom. The van der Waals surface area contributed by atoms with E-state index in [2.05, 4.69) is 48.1 Å². The summed E-state index contributed by atoms with van der Waals surface area (Å²) in [6.45, 7) is 19.1. The molecule has 5 aliphatic rings. The minimum atomic E-state index is -1.23. The molecule has 0 radical (unpaired) electrons. The number of carbonyl (C=O) groups is 4. The van der Waals surface area contributed by atoms with Gasteiger partial charge in [-0.3, -0.25) is 9.59 Å². The van der Waals surface area contributed by atoms with E-state index in [1.165, 1.54) is 5.57 Å². The third kappa shape index (κ3) is 5.61. The van der Waals surface area contributed by atoms with Crippen molar-refractivity contribution in [2.45, 2.75) is 138 Å². The topological polar surface area (TPSA) is 133 Å². The molecule has 0 aromatic heterocycles. The van der Waals surface area contributed by atoms with E-state index in [1.807, 2.05) is 0 Å². The molecule has 46 heavy (non-hydrogen) atoms. The van der Waals surface area contributed by atoms with Crippen LogP contribution < -0.4 is 10.2 Å². The highest BCUT2D eigenvalue weighted by Gasteiger charge is 2.71. The van der Waals surface area contributed by atoms with Crippen LogP contribution in [0, 0.1) is 56.7 Å². The number of fused-ring (bicyclic) bond motifs is 7. The summed E-state index contributed by atoms with van der Waals surface area (Å²) in [4.78, 5) is 47.0. The third-order valence-corrected chi connectivity index (χ3v) is 15.0. The van der Waals surface area contributed by atoms with Crippen LogP contribution in [0.15, 0.2) is 12.2 Å². The van der Waals surface area contributed by atoms with E-state index in [0.717, 1.165) is 64.2 Å². The molecule has 5 rings (SSSR count). The molecule has 5 aliphatic carbocycles. The van der Waals surface area contributed by atoms with E-state index < -0.39 is 23.9 Å². The summed E-state index contributed by atoms with van der Waals surface area (Å²) in [6.07, 6.45) is 9.25. The van der Waals surface area contributed by atoms with Gasteiger partial charge in [-0.2, -0.15) is 0 Å². The van der Waals surface area contributed by atoms with Gasteiger partial charge in [-0.1, -0.05) is 46.8 Å². The Bertz CT molecular complexity index is 1250. The summed E-state index contributed by atoms with van der Waals surface area (Å²) in [7, 11) is 0. The fourth-order valence-corrected chi connectivity index (χ4v) is 12.6. The quantitative estimate of drug-likeness (QED) is 0.236. The van der Waals surface area contributed by atoms with Crippen LogP contribution in [0.5, 0.6) is 0 Å². The number of carbonyl (C=O) groups excluding carboxylic acids is 4. The average Bonchev–Trinajstić information content (AvgIpc) is 3.36. The van der Waals surface area contributed by atoms with Crippen LogP contribution in [0.25, 0.3) is 0 Å². The molecule has 0 heterocycles. The number of rotatable bonds is 10. The van der Waals surface area contributed by atoms with Crippen molar-refractivity contribution >= 4 is 23.9 Å². The van der Waals surface area contributed by atoms with Crippen LogP contribution in [0.3, 0.4) is 0 Å². The molecule has 0 aliphatic heterocycles. The zero-order chi connectivity index (χ0) is 33.9. The standard InChI is InChI=1S/C38H58O8/c1-23(2)24-14-19-38(22-45-31(43)12-10-29(39)40)21-20-36(6)25(33(24)38)8-9-27-35(5)17-16-28(46-32(44)13-11-30(41)42)34(3,4)26(35)15-18-37(27,36)7/h24-28,33H,1,8-22H2,2-7H3,(H,39,40)(H,41,42)/p-2/t24-,25+,26+,27-,28+,33+,35-,36-,37+,38-/m1/s1. The molecule has 5 fully saturated rings. The summed E-state index contributed by atoms with van der Waals surface area (Å²) in [5, 5.41) is 21.8. The fraction of sp³-hybridized carbons (Fsp3) is 0.842. The molecule has 8 nitrogen and oxygen atoms in total. The van der Waals surface area contributed by atoms with Gasteiger partial charge in [0.1, 0.15) is 6.10 Å². The molecule has 5 saturated carbocycles. The van der Waals surface area contributed by atoms with Crippen molar-refractivity contribution in [3.63, 3.8) is 0 Å². The van der Waals surface area contributed by atoms with E-state index in [1.54, 1.807) is 0 Å². The van der Waals surface area contributed by atoms with Gasteiger partial charge in [0.05, 0.1) is 19.4 Å². The second kappa shape index (κ2) is 12.3. The molecule has 10 atom stereocenters. The first kappa shape index (κ1) is 34.9. The normalized spacial score (nSPS) is 42.4. The molecule has 0 spiro atoms. The van der Waals surface area contributed by atoms with E-state index >= 15 is 0 Å². The molecule has 0 N–H and O–H groups in total. The Labute approximate surface area is 275 Å². The first-order valence-electron chi connectivity index (χ1n) is 17.8. The van der Waals surface area contributed by atoms with Crippen LogP contribution in [0.2, 0.25) is 0 Å². The number of hydrogen-bond acceptors (Lipinski definition) is 8. The van der Waals surface area contributed by atoms with Crippen LogP contribution in [-0.2, 0) is 28.7 Å². The van der Waals surface area contributed by atoms with E-state index in [4.69, 9.17) is 9.47 Å². The van der Waals surface area contributed by atoms with E-state index in [0.29, 0.717) is 36.2 Å². The SMILES string of the molecule is C=C(C)[C@H]1CC[C@]2(COC(=O)CCC(=O)[O-])CC[C@]3(C)[C@@H](CC[C@@H]4[C@]5(C)CC[C@H](OC(=O)CCC(=O)[O-])C(C)(C)[C@@H]5CC[C@@]43C)[C@H]12. The molecule has 0 saturated heterocycles. The minimum Gasteiger partial charge on any atom is -0.550 e. The molecule has 0 bridgehead atoms. The maximum Gasteiger partial charge on any atom is 0.306 e. The highest BCUT2D eigenvalue weighted by Crippen LogP contribution is 2.77. The van der Waals surface area contributed by atoms with Crippen molar-refractivity contribution in [3.8, 4) is 0 Å². The average molecular weight is 641 g/mol. The maximum absolute atomic E-state index is 12.6. The lowest BCUT2D eigenvalue weighted by atomic mass is 9.32. The summed E-state index contributed by atoms with van der Waals surface area (Å²) < 4.78 is 11.8. The number of esters is 2. The van der Waals surface area contributed by atoms with Crippen molar-refractivity contribution in [1.29, 1.82) is 0 Å². The summed E-state index contributed by atoms with van der Waals surface area (Å²) in [5.41, 5.74) is 1.25.